The van der Waals surface area contributed by atoms with Gasteiger partial charge in [0.15, 0.2) is 0 Å². The number of hydrogen-bond donors (Lipinski definition) is 2. The Kier molecular flexibility index (Phi) is 4.89. The van der Waals surface area contributed by atoms with Gasteiger partial charge in [-0.1, -0.05) is 24.3 Å². The number of amides is 1. The molecule has 0 bridgehead atoms. The number of carbonyl (C=O) groups is 1. The van der Waals surface area contributed by atoms with Crippen molar-refractivity contribution in [1.82, 2.24) is 4.98 Å². The summed E-state index contributed by atoms with van der Waals surface area (Å²) >= 11 is 0. The van der Waals surface area contributed by atoms with Crippen LogP contribution >= 0.6 is 0 Å². The van der Waals surface area contributed by atoms with E-state index in [1.54, 1.807) is 54.6 Å². The number of methoxy groups -OCH3 is 1. The third-order valence-electron chi connectivity index (χ3n) is 3.51. The molecular formula is C19H16FN3O2. The number of aromatic nitrogens is 1. The Morgan fingerprint density at radius 3 is 2.52 bits per heavy atom. The maximum atomic E-state index is 13.6. The molecule has 0 spiro atoms. The number of halogens is 1. The number of nitrogens with zero attached hydrogens (tertiary/aromatic N) is 1. The number of rotatable bonds is 5. The topological polar surface area (TPSA) is 63.2 Å². The zero-order valence-electron chi connectivity index (χ0n) is 13.5. The van der Waals surface area contributed by atoms with Crippen LogP contribution in [-0.4, -0.2) is 18.0 Å². The van der Waals surface area contributed by atoms with Crippen molar-refractivity contribution in [3.63, 3.8) is 0 Å². The van der Waals surface area contributed by atoms with Gasteiger partial charge in [-0.3, -0.25) is 4.79 Å². The van der Waals surface area contributed by atoms with Crippen molar-refractivity contribution < 1.29 is 13.9 Å². The Hall–Kier alpha value is -3.41. The molecule has 2 aromatic carbocycles. The maximum Gasteiger partial charge on any atom is 0.259 e. The monoisotopic (exact) mass is 337 g/mol. The molecule has 0 aliphatic rings. The van der Waals surface area contributed by atoms with Gasteiger partial charge < -0.3 is 15.4 Å². The summed E-state index contributed by atoms with van der Waals surface area (Å²) in [5.41, 5.74) is 1.29. The van der Waals surface area contributed by atoms with E-state index in [1.807, 2.05) is 0 Å². The van der Waals surface area contributed by atoms with Gasteiger partial charge in [-0.25, -0.2) is 9.37 Å². The van der Waals surface area contributed by atoms with E-state index in [9.17, 15) is 9.18 Å². The molecule has 1 aromatic heterocycles. The molecule has 25 heavy (non-hydrogen) atoms. The van der Waals surface area contributed by atoms with Crippen LogP contribution in [0.25, 0.3) is 0 Å². The molecule has 6 heteroatoms. The molecule has 0 aliphatic heterocycles. The lowest BCUT2D eigenvalue weighted by atomic mass is 10.2. The summed E-state index contributed by atoms with van der Waals surface area (Å²) in [7, 11) is 1.51. The molecule has 0 aliphatic carbocycles. The lowest BCUT2D eigenvalue weighted by Crippen LogP contribution is -2.13. The fourth-order valence-corrected chi connectivity index (χ4v) is 2.27. The lowest BCUT2D eigenvalue weighted by Gasteiger charge is -2.10. The second-order valence-electron chi connectivity index (χ2n) is 5.19. The molecule has 0 atom stereocenters. The fraction of sp³-hybridized carbons (Fsp3) is 0.0526. The Labute approximate surface area is 144 Å². The zero-order valence-corrected chi connectivity index (χ0v) is 13.5. The third-order valence-corrected chi connectivity index (χ3v) is 3.51. The van der Waals surface area contributed by atoms with Crippen molar-refractivity contribution in [3.05, 3.63) is 78.2 Å². The lowest BCUT2D eigenvalue weighted by molar-refractivity contribution is 0.102. The molecule has 2 N–H and O–H groups in total. The van der Waals surface area contributed by atoms with Crippen LogP contribution in [0.1, 0.15) is 10.4 Å². The van der Waals surface area contributed by atoms with Crippen LogP contribution in [0.2, 0.25) is 0 Å². The predicted molar refractivity (Wildman–Crippen MR) is 94.9 cm³/mol. The molecule has 0 saturated carbocycles. The quantitative estimate of drug-likeness (QED) is 0.731. The Morgan fingerprint density at radius 1 is 1.04 bits per heavy atom. The Balaban J connectivity index is 1.70. The second kappa shape index (κ2) is 7.44. The Morgan fingerprint density at radius 2 is 1.80 bits per heavy atom. The average molecular weight is 337 g/mol. The summed E-state index contributed by atoms with van der Waals surface area (Å²) in [5, 5.41) is 5.64. The molecule has 0 fully saturated rings. The van der Waals surface area contributed by atoms with Gasteiger partial charge >= 0.3 is 0 Å². The summed E-state index contributed by atoms with van der Waals surface area (Å²) in [6, 6.07) is 16.6. The van der Waals surface area contributed by atoms with Crippen LogP contribution < -0.4 is 15.4 Å². The highest BCUT2D eigenvalue weighted by Crippen LogP contribution is 2.21. The fourth-order valence-electron chi connectivity index (χ4n) is 2.27. The first-order chi connectivity index (χ1) is 12.2. The summed E-state index contributed by atoms with van der Waals surface area (Å²) in [5.74, 6) is 0.304. The van der Waals surface area contributed by atoms with Gasteiger partial charge in [0.2, 0.25) is 0 Å². The van der Waals surface area contributed by atoms with Gasteiger partial charge in [0.25, 0.3) is 5.91 Å². The van der Waals surface area contributed by atoms with Crippen molar-refractivity contribution in [1.29, 1.82) is 0 Å². The predicted octanol–water partition coefficient (Wildman–Crippen LogP) is 4.23. The molecule has 5 nitrogen and oxygen atoms in total. The van der Waals surface area contributed by atoms with E-state index >= 15 is 0 Å². The first-order valence-corrected chi connectivity index (χ1v) is 7.59. The van der Waals surface area contributed by atoms with Gasteiger partial charge in [0.1, 0.15) is 17.4 Å². The van der Waals surface area contributed by atoms with Gasteiger partial charge in [-0.15, -0.1) is 0 Å². The van der Waals surface area contributed by atoms with Gasteiger partial charge in [0, 0.05) is 0 Å². The van der Waals surface area contributed by atoms with Crippen molar-refractivity contribution in [2.24, 2.45) is 0 Å². The minimum absolute atomic E-state index is 0.297. The Bertz CT molecular complexity index is 882. The summed E-state index contributed by atoms with van der Waals surface area (Å²) in [6.07, 6.45) is 1.50. The summed E-state index contributed by atoms with van der Waals surface area (Å²) in [6.45, 7) is 0. The van der Waals surface area contributed by atoms with E-state index in [0.29, 0.717) is 28.5 Å². The molecule has 1 amide bonds. The van der Waals surface area contributed by atoms with Crippen LogP contribution in [0.5, 0.6) is 5.75 Å². The minimum Gasteiger partial charge on any atom is -0.496 e. The highest BCUT2D eigenvalue weighted by atomic mass is 19.1. The zero-order chi connectivity index (χ0) is 17.6. The highest BCUT2D eigenvalue weighted by Gasteiger charge is 2.11. The summed E-state index contributed by atoms with van der Waals surface area (Å²) in [4.78, 5) is 16.5. The van der Waals surface area contributed by atoms with E-state index in [-0.39, 0.29) is 11.7 Å². The molecular weight excluding hydrogens is 321 g/mol. The van der Waals surface area contributed by atoms with Gasteiger partial charge in [-0.2, -0.15) is 0 Å². The molecule has 1 heterocycles. The normalized spacial score (nSPS) is 10.2. The highest BCUT2D eigenvalue weighted by molar-refractivity contribution is 6.06. The molecule has 0 saturated heterocycles. The van der Waals surface area contributed by atoms with Crippen LogP contribution in [0.4, 0.5) is 21.6 Å². The standard InChI is InChI=1S/C19H16FN3O2/c1-25-17-9-5-2-6-14(17)19(24)22-13-10-11-18(21-12-13)23-16-8-4-3-7-15(16)20/h2-12H,1H3,(H,21,23)(H,22,24). The second-order valence-corrected chi connectivity index (χ2v) is 5.19. The largest absolute Gasteiger partial charge is 0.496 e. The number of para-hydroxylation sites is 2. The number of benzene rings is 2. The van der Waals surface area contributed by atoms with Crippen molar-refractivity contribution in [3.8, 4) is 5.75 Å². The maximum absolute atomic E-state index is 13.6. The van der Waals surface area contributed by atoms with Crippen LogP contribution in [0, 0.1) is 5.82 Å². The van der Waals surface area contributed by atoms with Crippen molar-refractivity contribution in [2.75, 3.05) is 17.7 Å². The smallest absolute Gasteiger partial charge is 0.259 e. The molecule has 0 unspecified atom stereocenters. The number of hydrogen-bond acceptors (Lipinski definition) is 4. The summed E-state index contributed by atoms with van der Waals surface area (Å²) < 4.78 is 18.8. The van der Waals surface area contributed by atoms with Crippen LogP contribution in [0.3, 0.4) is 0 Å². The van der Waals surface area contributed by atoms with Crippen LogP contribution in [0.15, 0.2) is 66.9 Å². The molecule has 3 rings (SSSR count). The number of ether oxygens (including phenoxy) is 1. The van der Waals surface area contributed by atoms with E-state index < -0.39 is 0 Å². The molecule has 3 aromatic rings. The number of carbonyl (C=O) groups excluding carboxylic acids is 1. The number of pyridine rings is 1. The number of nitrogens with one attached hydrogen (secondary N) is 2. The average Bonchev–Trinajstić information content (AvgIpc) is 2.65. The van der Waals surface area contributed by atoms with E-state index in [1.165, 1.54) is 19.4 Å². The van der Waals surface area contributed by atoms with Crippen molar-refractivity contribution >= 4 is 23.1 Å². The SMILES string of the molecule is COc1ccccc1C(=O)Nc1ccc(Nc2ccccc2F)nc1. The minimum atomic E-state index is -0.363. The van der Waals surface area contributed by atoms with E-state index in [4.69, 9.17) is 4.74 Å². The van der Waals surface area contributed by atoms with Crippen molar-refractivity contribution in [2.45, 2.75) is 0 Å². The van der Waals surface area contributed by atoms with Gasteiger partial charge in [0.05, 0.1) is 30.2 Å². The third kappa shape index (κ3) is 3.92. The number of anilines is 3. The van der Waals surface area contributed by atoms with E-state index in [2.05, 4.69) is 15.6 Å². The first-order valence-electron chi connectivity index (χ1n) is 7.59. The first kappa shape index (κ1) is 16.4. The van der Waals surface area contributed by atoms with Crippen LogP contribution in [-0.2, 0) is 0 Å². The molecule has 126 valence electrons. The van der Waals surface area contributed by atoms with E-state index in [0.717, 1.165) is 0 Å². The van der Waals surface area contributed by atoms with Gasteiger partial charge in [-0.05, 0) is 36.4 Å². The molecule has 0 radical (unpaired) electrons.